The zero-order chi connectivity index (χ0) is 15.0. The third-order valence-corrected chi connectivity index (χ3v) is 4.55. The largest absolute Gasteiger partial charge is 0.497 e. The number of hydrogen-bond acceptors (Lipinski definition) is 4. The van der Waals surface area contributed by atoms with Crippen molar-refractivity contribution >= 4 is 0 Å². The van der Waals surface area contributed by atoms with E-state index in [1.165, 1.54) is 11.1 Å². The Balaban J connectivity index is 1.86. The second kappa shape index (κ2) is 5.85. The van der Waals surface area contributed by atoms with Gasteiger partial charge in [-0.25, -0.2) is 0 Å². The Hall–Kier alpha value is -1.26. The summed E-state index contributed by atoms with van der Waals surface area (Å²) >= 11 is 0. The first-order chi connectivity index (χ1) is 10.1. The van der Waals surface area contributed by atoms with Crippen LogP contribution >= 0.6 is 0 Å². The molecule has 116 valence electrons. The van der Waals surface area contributed by atoms with Crippen LogP contribution in [0.3, 0.4) is 0 Å². The van der Waals surface area contributed by atoms with Crippen LogP contribution in [0.15, 0.2) is 12.1 Å². The molecule has 21 heavy (non-hydrogen) atoms. The fourth-order valence-corrected chi connectivity index (χ4v) is 3.35. The molecule has 4 heteroatoms. The number of rotatable bonds is 3. The van der Waals surface area contributed by atoms with Crippen LogP contribution < -0.4 is 14.8 Å². The van der Waals surface area contributed by atoms with E-state index in [0.717, 1.165) is 37.6 Å². The van der Waals surface area contributed by atoms with Gasteiger partial charge in [-0.1, -0.05) is 0 Å². The quantitative estimate of drug-likeness (QED) is 0.925. The van der Waals surface area contributed by atoms with E-state index < -0.39 is 0 Å². The van der Waals surface area contributed by atoms with Gasteiger partial charge in [0.05, 0.1) is 7.11 Å². The smallest absolute Gasteiger partial charge is 0.127 e. The van der Waals surface area contributed by atoms with Crippen LogP contribution in [0.4, 0.5) is 0 Å². The van der Waals surface area contributed by atoms with Crippen molar-refractivity contribution in [3.63, 3.8) is 0 Å². The van der Waals surface area contributed by atoms with Gasteiger partial charge in [0.15, 0.2) is 0 Å². The molecule has 0 radical (unpaired) electrons. The first-order valence-electron chi connectivity index (χ1n) is 7.90. The Morgan fingerprint density at radius 1 is 1.33 bits per heavy atom. The van der Waals surface area contributed by atoms with Crippen molar-refractivity contribution in [1.29, 1.82) is 0 Å². The van der Waals surface area contributed by atoms with Crippen LogP contribution in [0.2, 0.25) is 0 Å². The summed E-state index contributed by atoms with van der Waals surface area (Å²) in [6.45, 7) is 9.70. The zero-order valence-electron chi connectivity index (χ0n) is 13.5. The number of piperazine rings is 1. The summed E-state index contributed by atoms with van der Waals surface area (Å²) < 4.78 is 11.5. The maximum atomic E-state index is 6.04. The van der Waals surface area contributed by atoms with Crippen LogP contribution in [-0.2, 0) is 13.0 Å². The number of hydrogen-bond donors (Lipinski definition) is 1. The van der Waals surface area contributed by atoms with Crippen molar-refractivity contribution in [3.05, 3.63) is 23.3 Å². The molecule has 1 N–H and O–H groups in total. The third-order valence-electron chi connectivity index (χ3n) is 4.55. The van der Waals surface area contributed by atoms with E-state index in [-0.39, 0.29) is 6.10 Å². The summed E-state index contributed by atoms with van der Waals surface area (Å²) in [5.41, 5.74) is 2.54. The van der Waals surface area contributed by atoms with Crippen LogP contribution in [0, 0.1) is 0 Å². The lowest BCUT2D eigenvalue weighted by atomic mass is 10.0. The highest BCUT2D eigenvalue weighted by Crippen LogP contribution is 2.37. The van der Waals surface area contributed by atoms with E-state index in [0.29, 0.717) is 12.1 Å². The minimum atomic E-state index is 0.269. The monoisotopic (exact) mass is 290 g/mol. The number of ether oxygens (including phenoxy) is 2. The highest BCUT2D eigenvalue weighted by atomic mass is 16.5. The summed E-state index contributed by atoms with van der Waals surface area (Å²) in [6.07, 6.45) is 1.25. The molecule has 0 aromatic heterocycles. The molecule has 2 aliphatic rings. The maximum absolute atomic E-state index is 6.04. The van der Waals surface area contributed by atoms with Crippen LogP contribution in [0.5, 0.6) is 11.5 Å². The molecule has 0 amide bonds. The van der Waals surface area contributed by atoms with Gasteiger partial charge in [0.25, 0.3) is 0 Å². The van der Waals surface area contributed by atoms with Gasteiger partial charge >= 0.3 is 0 Å². The van der Waals surface area contributed by atoms with E-state index >= 15 is 0 Å². The molecule has 0 bridgehead atoms. The van der Waals surface area contributed by atoms with Gasteiger partial charge in [-0.2, -0.15) is 0 Å². The fourth-order valence-electron chi connectivity index (χ4n) is 3.35. The Bertz CT molecular complexity index is 518. The zero-order valence-corrected chi connectivity index (χ0v) is 13.5. The lowest BCUT2D eigenvalue weighted by molar-refractivity contribution is 0.136. The highest BCUT2D eigenvalue weighted by Gasteiger charge is 2.27. The first-order valence-corrected chi connectivity index (χ1v) is 7.90. The number of fused-ring (bicyclic) bond motifs is 1. The van der Waals surface area contributed by atoms with Gasteiger partial charge in [-0.15, -0.1) is 0 Å². The summed E-state index contributed by atoms with van der Waals surface area (Å²) in [6, 6.07) is 5.34. The molecular weight excluding hydrogens is 264 g/mol. The number of nitrogens with one attached hydrogen (secondary N) is 1. The minimum absolute atomic E-state index is 0.269. The molecule has 4 nitrogen and oxygen atoms in total. The van der Waals surface area contributed by atoms with Crippen LogP contribution in [0.25, 0.3) is 0 Å². The summed E-state index contributed by atoms with van der Waals surface area (Å²) in [5, 5.41) is 3.53. The first kappa shape index (κ1) is 14.7. The molecule has 1 fully saturated rings. The van der Waals surface area contributed by atoms with Crippen molar-refractivity contribution in [2.75, 3.05) is 20.2 Å². The Kier molecular flexibility index (Phi) is 4.09. The summed E-state index contributed by atoms with van der Waals surface area (Å²) in [4.78, 5) is 2.53. The Morgan fingerprint density at radius 3 is 2.90 bits per heavy atom. The summed E-state index contributed by atoms with van der Waals surface area (Å²) in [5.74, 6) is 2.03. The average molecular weight is 290 g/mol. The van der Waals surface area contributed by atoms with E-state index in [4.69, 9.17) is 9.47 Å². The molecule has 0 saturated carbocycles. The predicted octanol–water partition coefficient (Wildman–Crippen LogP) is 2.20. The van der Waals surface area contributed by atoms with Gasteiger partial charge in [0, 0.05) is 49.3 Å². The van der Waals surface area contributed by atoms with Crippen LogP contribution in [-0.4, -0.2) is 43.3 Å². The Labute approximate surface area is 127 Å². The van der Waals surface area contributed by atoms with Gasteiger partial charge in [-0.05, 0) is 32.9 Å². The molecular formula is C17H26N2O2. The normalized spacial score (nSPS) is 29.0. The second-order valence-electron chi connectivity index (χ2n) is 6.50. The molecule has 3 unspecified atom stereocenters. The Morgan fingerprint density at radius 2 is 2.14 bits per heavy atom. The van der Waals surface area contributed by atoms with Crippen molar-refractivity contribution in [2.45, 2.75) is 51.9 Å². The maximum Gasteiger partial charge on any atom is 0.127 e. The molecule has 0 spiro atoms. The topological polar surface area (TPSA) is 33.7 Å². The SMILES string of the molecule is COc1cc2c(c(CN3CC(C)NCC3C)c1)OC(C)C2. The molecule has 1 aromatic carbocycles. The van der Waals surface area contributed by atoms with Gasteiger partial charge in [0.2, 0.25) is 0 Å². The molecule has 3 atom stereocenters. The predicted molar refractivity (Wildman–Crippen MR) is 84.1 cm³/mol. The van der Waals surface area contributed by atoms with Gasteiger partial charge in [0.1, 0.15) is 17.6 Å². The summed E-state index contributed by atoms with van der Waals surface area (Å²) in [7, 11) is 1.74. The third kappa shape index (κ3) is 3.01. The van der Waals surface area contributed by atoms with Gasteiger partial charge in [-0.3, -0.25) is 4.90 Å². The van der Waals surface area contributed by atoms with Crippen LogP contribution in [0.1, 0.15) is 31.9 Å². The van der Waals surface area contributed by atoms with E-state index in [2.05, 4.69) is 43.1 Å². The van der Waals surface area contributed by atoms with Crippen molar-refractivity contribution in [1.82, 2.24) is 10.2 Å². The lowest BCUT2D eigenvalue weighted by Crippen LogP contribution is -2.53. The fraction of sp³-hybridized carbons (Fsp3) is 0.647. The van der Waals surface area contributed by atoms with Crippen molar-refractivity contribution < 1.29 is 9.47 Å². The average Bonchev–Trinajstić information content (AvgIpc) is 2.83. The number of benzene rings is 1. The molecule has 1 aromatic rings. The second-order valence-corrected chi connectivity index (χ2v) is 6.50. The van der Waals surface area contributed by atoms with Crippen molar-refractivity contribution in [2.24, 2.45) is 0 Å². The molecule has 2 heterocycles. The van der Waals surface area contributed by atoms with Crippen molar-refractivity contribution in [3.8, 4) is 11.5 Å². The number of nitrogens with zero attached hydrogens (tertiary/aromatic N) is 1. The van der Waals surface area contributed by atoms with E-state index in [9.17, 15) is 0 Å². The van der Waals surface area contributed by atoms with E-state index in [1.54, 1.807) is 7.11 Å². The van der Waals surface area contributed by atoms with E-state index in [1.807, 2.05) is 0 Å². The minimum Gasteiger partial charge on any atom is -0.497 e. The van der Waals surface area contributed by atoms with Gasteiger partial charge < -0.3 is 14.8 Å². The highest BCUT2D eigenvalue weighted by molar-refractivity contribution is 5.49. The molecule has 0 aliphatic carbocycles. The lowest BCUT2D eigenvalue weighted by Gasteiger charge is -2.37. The number of methoxy groups -OCH3 is 1. The molecule has 2 aliphatic heterocycles. The molecule has 3 rings (SSSR count). The standard InChI is InChI=1S/C17H26N2O2/c1-11-9-19(12(2)8-18-11)10-15-7-16(20-4)6-14-5-13(3)21-17(14)15/h6-7,11-13,18H,5,8-10H2,1-4H3. The molecule has 1 saturated heterocycles.